The van der Waals surface area contributed by atoms with Crippen molar-refractivity contribution in [1.82, 2.24) is 5.32 Å². The van der Waals surface area contributed by atoms with Gasteiger partial charge in [-0.3, -0.25) is 4.79 Å². The van der Waals surface area contributed by atoms with Gasteiger partial charge in [-0.15, -0.1) is 12.4 Å². The average molecular weight is 327 g/mol. The summed E-state index contributed by atoms with van der Waals surface area (Å²) in [5, 5.41) is 2.95. The summed E-state index contributed by atoms with van der Waals surface area (Å²) in [5.74, 6) is 0.918. The Bertz CT molecular complexity index is 511. The highest BCUT2D eigenvalue weighted by Crippen LogP contribution is 2.41. The predicted octanol–water partition coefficient (Wildman–Crippen LogP) is 3.02. The van der Waals surface area contributed by atoms with Crippen molar-refractivity contribution in [2.45, 2.75) is 44.7 Å². The summed E-state index contributed by atoms with van der Waals surface area (Å²) in [6, 6.07) is 6.65. The van der Waals surface area contributed by atoms with Gasteiger partial charge in [0.15, 0.2) is 0 Å². The molecule has 2 unspecified atom stereocenters. The SMILES string of the molecule is Cl.NC1C2CCCC1CC(C(=O)NCc1cccc(F)c1)C2. The van der Waals surface area contributed by atoms with Gasteiger partial charge in [-0.25, -0.2) is 4.39 Å². The van der Waals surface area contributed by atoms with Crippen molar-refractivity contribution in [3.63, 3.8) is 0 Å². The number of hydrogen-bond acceptors (Lipinski definition) is 2. The first kappa shape index (κ1) is 17.2. The van der Waals surface area contributed by atoms with Gasteiger partial charge >= 0.3 is 0 Å². The van der Waals surface area contributed by atoms with Crippen LogP contribution in [0.1, 0.15) is 37.7 Å². The fraction of sp³-hybridized carbons (Fsp3) is 0.588. The predicted molar refractivity (Wildman–Crippen MR) is 87.0 cm³/mol. The Morgan fingerprint density at radius 1 is 1.27 bits per heavy atom. The molecule has 2 fully saturated rings. The molecule has 1 amide bonds. The summed E-state index contributed by atoms with van der Waals surface area (Å²) < 4.78 is 13.1. The molecule has 1 aromatic rings. The van der Waals surface area contributed by atoms with Crippen molar-refractivity contribution in [3.8, 4) is 0 Å². The molecule has 0 heterocycles. The highest BCUT2D eigenvalue weighted by atomic mass is 35.5. The molecule has 2 bridgehead atoms. The number of benzene rings is 1. The topological polar surface area (TPSA) is 55.1 Å². The van der Waals surface area contributed by atoms with E-state index in [1.54, 1.807) is 6.07 Å². The quantitative estimate of drug-likeness (QED) is 0.897. The zero-order chi connectivity index (χ0) is 14.8. The third-order valence-corrected chi connectivity index (χ3v) is 5.14. The number of rotatable bonds is 3. The van der Waals surface area contributed by atoms with Crippen LogP contribution in [0.5, 0.6) is 0 Å². The minimum atomic E-state index is -0.264. The second kappa shape index (κ2) is 7.42. The van der Waals surface area contributed by atoms with E-state index in [0.717, 1.165) is 31.2 Å². The van der Waals surface area contributed by atoms with E-state index < -0.39 is 0 Å². The largest absolute Gasteiger partial charge is 0.352 e. The van der Waals surface area contributed by atoms with Crippen molar-refractivity contribution >= 4 is 18.3 Å². The van der Waals surface area contributed by atoms with E-state index in [1.807, 2.05) is 6.07 Å². The molecule has 0 spiro atoms. The van der Waals surface area contributed by atoms with Gasteiger partial charge in [0, 0.05) is 18.5 Å². The first-order chi connectivity index (χ1) is 10.1. The van der Waals surface area contributed by atoms with E-state index in [2.05, 4.69) is 5.32 Å². The van der Waals surface area contributed by atoms with E-state index in [4.69, 9.17) is 5.73 Å². The Morgan fingerprint density at radius 2 is 1.95 bits per heavy atom. The number of halogens is 2. The van der Waals surface area contributed by atoms with Crippen LogP contribution < -0.4 is 11.1 Å². The lowest BCUT2D eigenvalue weighted by atomic mass is 9.65. The van der Waals surface area contributed by atoms with E-state index in [9.17, 15) is 9.18 Å². The van der Waals surface area contributed by atoms with E-state index >= 15 is 0 Å². The van der Waals surface area contributed by atoms with E-state index in [0.29, 0.717) is 18.4 Å². The molecule has 2 aliphatic rings. The summed E-state index contributed by atoms with van der Waals surface area (Å²) in [5.41, 5.74) is 7.06. The summed E-state index contributed by atoms with van der Waals surface area (Å²) >= 11 is 0. The van der Waals surface area contributed by atoms with Gasteiger partial charge in [0.05, 0.1) is 0 Å². The fourth-order valence-electron chi connectivity index (χ4n) is 3.98. The van der Waals surface area contributed by atoms with Gasteiger partial charge < -0.3 is 11.1 Å². The first-order valence-corrected chi connectivity index (χ1v) is 7.91. The molecule has 122 valence electrons. The molecule has 2 saturated carbocycles. The maximum Gasteiger partial charge on any atom is 0.223 e. The number of carbonyl (C=O) groups excluding carboxylic acids is 1. The summed E-state index contributed by atoms with van der Waals surface area (Å²) in [6.45, 7) is 0.397. The Kier molecular flexibility index (Phi) is 5.81. The Hall–Kier alpha value is -1.13. The lowest BCUT2D eigenvalue weighted by Crippen LogP contribution is -2.49. The number of carbonyl (C=O) groups is 1. The van der Waals surface area contributed by atoms with Gasteiger partial charge in [-0.1, -0.05) is 18.6 Å². The van der Waals surface area contributed by atoms with Crippen molar-refractivity contribution in [2.24, 2.45) is 23.5 Å². The van der Waals surface area contributed by atoms with Crippen LogP contribution >= 0.6 is 12.4 Å². The van der Waals surface area contributed by atoms with Crippen molar-refractivity contribution in [3.05, 3.63) is 35.6 Å². The Balaban J connectivity index is 0.00000176. The molecule has 5 heteroatoms. The number of hydrogen-bond donors (Lipinski definition) is 2. The third kappa shape index (κ3) is 3.79. The molecule has 2 atom stereocenters. The third-order valence-electron chi connectivity index (χ3n) is 5.14. The maximum atomic E-state index is 13.1. The molecule has 0 radical (unpaired) electrons. The van der Waals surface area contributed by atoms with Crippen LogP contribution in [0.15, 0.2) is 24.3 Å². The number of nitrogens with two attached hydrogens (primary N) is 1. The Morgan fingerprint density at radius 3 is 2.59 bits per heavy atom. The van der Waals surface area contributed by atoms with Crippen LogP contribution in [0.2, 0.25) is 0 Å². The van der Waals surface area contributed by atoms with E-state index in [1.165, 1.54) is 18.6 Å². The van der Waals surface area contributed by atoms with Crippen molar-refractivity contribution < 1.29 is 9.18 Å². The zero-order valence-corrected chi connectivity index (χ0v) is 13.4. The summed E-state index contributed by atoms with van der Waals surface area (Å²) in [6.07, 6.45) is 5.39. The molecule has 0 aliphatic heterocycles. The van der Waals surface area contributed by atoms with Crippen LogP contribution in [-0.2, 0) is 11.3 Å². The van der Waals surface area contributed by atoms with Crippen LogP contribution in [0, 0.1) is 23.6 Å². The Labute approximate surface area is 137 Å². The molecular formula is C17H24ClFN2O. The molecule has 0 aromatic heterocycles. The molecule has 0 saturated heterocycles. The summed E-state index contributed by atoms with van der Waals surface area (Å²) in [7, 11) is 0. The number of nitrogens with one attached hydrogen (secondary N) is 1. The molecule has 1 aromatic carbocycles. The van der Waals surface area contributed by atoms with Gasteiger partial charge in [-0.05, 0) is 55.2 Å². The minimum absolute atomic E-state index is 0. The van der Waals surface area contributed by atoms with Gasteiger partial charge in [0.1, 0.15) is 5.82 Å². The standard InChI is InChI=1S/C17H23FN2O.ClH/c18-15-6-1-3-11(7-15)10-20-17(21)14-8-12-4-2-5-13(9-14)16(12)19;/h1,3,6-7,12-14,16H,2,4-5,8-10,19H2,(H,20,21);1H. The van der Waals surface area contributed by atoms with E-state index in [-0.39, 0.29) is 36.1 Å². The summed E-state index contributed by atoms with van der Waals surface area (Å²) in [4.78, 5) is 12.3. The normalized spacial score (nSPS) is 30.3. The monoisotopic (exact) mass is 326 g/mol. The van der Waals surface area contributed by atoms with Gasteiger partial charge in [0.2, 0.25) is 5.91 Å². The van der Waals surface area contributed by atoms with Crippen molar-refractivity contribution in [2.75, 3.05) is 0 Å². The lowest BCUT2D eigenvalue weighted by molar-refractivity contribution is -0.128. The maximum absolute atomic E-state index is 13.1. The van der Waals surface area contributed by atoms with Gasteiger partial charge in [0.25, 0.3) is 0 Å². The van der Waals surface area contributed by atoms with Crippen LogP contribution in [0.4, 0.5) is 4.39 Å². The molecule has 2 aliphatic carbocycles. The van der Waals surface area contributed by atoms with Crippen LogP contribution in [0.3, 0.4) is 0 Å². The zero-order valence-electron chi connectivity index (χ0n) is 12.6. The van der Waals surface area contributed by atoms with Gasteiger partial charge in [-0.2, -0.15) is 0 Å². The second-order valence-corrected chi connectivity index (χ2v) is 6.54. The minimum Gasteiger partial charge on any atom is -0.352 e. The average Bonchev–Trinajstić information content (AvgIpc) is 2.44. The highest BCUT2D eigenvalue weighted by Gasteiger charge is 2.40. The smallest absolute Gasteiger partial charge is 0.223 e. The lowest BCUT2D eigenvalue weighted by Gasteiger charge is -2.43. The number of amides is 1. The fourth-order valence-corrected chi connectivity index (χ4v) is 3.98. The second-order valence-electron chi connectivity index (χ2n) is 6.54. The molecule has 3 nitrogen and oxygen atoms in total. The molecule has 3 rings (SSSR count). The first-order valence-electron chi connectivity index (χ1n) is 7.91. The van der Waals surface area contributed by atoms with Crippen LogP contribution in [0.25, 0.3) is 0 Å². The van der Waals surface area contributed by atoms with Crippen LogP contribution in [-0.4, -0.2) is 11.9 Å². The highest BCUT2D eigenvalue weighted by molar-refractivity contribution is 5.85. The molecule has 3 N–H and O–H groups in total. The number of fused-ring (bicyclic) bond motifs is 2. The molecule has 22 heavy (non-hydrogen) atoms. The molecular weight excluding hydrogens is 303 g/mol. The van der Waals surface area contributed by atoms with Crippen molar-refractivity contribution in [1.29, 1.82) is 0 Å².